The Bertz CT molecular complexity index is 1690. The smallest absolute Gasteiger partial charge is 0 e. The third-order valence-electron chi connectivity index (χ3n) is 6.42. The summed E-state index contributed by atoms with van der Waals surface area (Å²) in [7, 11) is 0. The van der Waals surface area contributed by atoms with Crippen molar-refractivity contribution in [2.75, 3.05) is 0 Å². The summed E-state index contributed by atoms with van der Waals surface area (Å²) in [5, 5.41) is 11.9. The summed E-state index contributed by atoms with van der Waals surface area (Å²) in [5.74, 6) is 0. The Morgan fingerprint density at radius 3 is 0.814 bits per heavy atom. The molecule has 7 heteroatoms. The summed E-state index contributed by atoms with van der Waals surface area (Å²) >= 11 is 29.8. The van der Waals surface area contributed by atoms with Gasteiger partial charge in [0.2, 0.25) is 0 Å². The molecule has 0 atom stereocenters. The van der Waals surface area contributed by atoms with Crippen molar-refractivity contribution < 1.29 is 21.1 Å². The van der Waals surface area contributed by atoms with Crippen LogP contribution in [0.4, 0.5) is 0 Å². The maximum atomic E-state index is 5.12. The first-order chi connectivity index (χ1) is 20.4. The van der Waals surface area contributed by atoms with Crippen molar-refractivity contribution in [2.45, 2.75) is 0 Å². The molecule has 0 amide bonds. The molecule has 0 radical (unpaired) electrons. The molecule has 6 aromatic carbocycles. The second-order valence-corrected chi connectivity index (χ2v) is 11.2. The van der Waals surface area contributed by atoms with Crippen LogP contribution in [-0.2, 0) is 96.8 Å². The fraction of sp³-hybridized carbons (Fsp3) is 0. The van der Waals surface area contributed by atoms with Gasteiger partial charge >= 0.3 is 0 Å². The second-order valence-electron chi connectivity index (χ2n) is 9.13. The van der Waals surface area contributed by atoms with Crippen LogP contribution in [0.25, 0.3) is 47.0 Å². The van der Waals surface area contributed by atoms with Gasteiger partial charge < -0.3 is 75.8 Å². The van der Waals surface area contributed by atoms with Gasteiger partial charge in [-0.15, -0.1) is 0 Å². The van der Waals surface area contributed by atoms with E-state index in [1.165, 1.54) is 32.3 Å². The van der Waals surface area contributed by atoms with Crippen LogP contribution in [0.2, 0.25) is 0 Å². The maximum absolute atomic E-state index is 5.12. The Morgan fingerprint density at radius 2 is 0.581 bits per heavy atom. The predicted octanol–water partition coefficient (Wildman–Crippen LogP) is 9.69. The first-order valence-corrected chi connectivity index (χ1v) is 15.5. The average molecular weight is 745 g/mol. The van der Waals surface area contributed by atoms with Gasteiger partial charge in [0.15, 0.2) is 0 Å². The molecular weight excluding hydrogens is 721 g/mol. The van der Waals surface area contributed by atoms with Gasteiger partial charge in [-0.1, -0.05) is 109 Å². The zero-order valence-electron chi connectivity index (χ0n) is 22.7. The Balaban J connectivity index is 0.000000175. The minimum absolute atomic E-state index is 0. The largest absolute Gasteiger partial charge is 0.789 e. The van der Waals surface area contributed by atoms with Gasteiger partial charge in [-0.2, -0.15) is 14.7 Å². The van der Waals surface area contributed by atoms with Gasteiger partial charge in [0.05, 0.1) is 0 Å². The molecule has 0 aliphatic heterocycles. The van der Waals surface area contributed by atoms with Crippen LogP contribution < -0.4 is 0 Å². The standard InChI is InChI=1S/3C12H10S2.Mo/c3*13-8-12(14)11-6-5-9-3-1-2-4-10(9)7-11;/h3*1-8,13-14H;/p-6/b3*12-8-;. The van der Waals surface area contributed by atoms with E-state index >= 15 is 0 Å². The van der Waals surface area contributed by atoms with Gasteiger partial charge in [0, 0.05) is 21.1 Å². The second kappa shape index (κ2) is 17.6. The molecule has 0 bridgehead atoms. The zero-order chi connectivity index (χ0) is 29.9. The van der Waals surface area contributed by atoms with E-state index < -0.39 is 0 Å². The molecule has 0 fully saturated rings. The molecule has 0 aliphatic carbocycles. The van der Waals surface area contributed by atoms with E-state index in [0.29, 0.717) is 0 Å². The average Bonchev–Trinajstić information content (AvgIpc) is 3.07. The Labute approximate surface area is 301 Å². The van der Waals surface area contributed by atoms with Crippen molar-refractivity contribution in [3.8, 4) is 0 Å². The topological polar surface area (TPSA) is 0 Å². The minimum atomic E-state index is 0. The molecule has 0 spiro atoms. The molecule has 0 N–H and O–H groups in total. The molecule has 0 unspecified atom stereocenters. The Morgan fingerprint density at radius 1 is 0.349 bits per heavy atom. The SMILES string of the molecule is [Mo].[S-]/C=C(\[S-])c1ccc2ccccc2c1.[S-]/C=C(\[S-])c1ccc2ccccc2c1.[S-]/C=C(\[S-])c1ccc2ccccc2c1. The van der Waals surface area contributed by atoms with Crippen LogP contribution in [0.3, 0.4) is 0 Å². The van der Waals surface area contributed by atoms with Crippen molar-refractivity contribution in [1.82, 2.24) is 0 Å². The molecule has 6 aromatic rings. The van der Waals surface area contributed by atoms with E-state index in [9.17, 15) is 0 Å². The van der Waals surface area contributed by atoms with E-state index in [4.69, 9.17) is 75.8 Å². The molecule has 0 aromatic heterocycles. The quantitative estimate of drug-likeness (QED) is 0.130. The first-order valence-electron chi connectivity index (χ1n) is 12.9. The Hall–Kier alpha value is -2.67. The van der Waals surface area contributed by atoms with Gasteiger partial charge in [-0.05, 0) is 67.2 Å². The van der Waals surface area contributed by atoms with E-state index in [1.54, 1.807) is 16.2 Å². The molecule has 43 heavy (non-hydrogen) atoms. The minimum Gasteiger partial charge on any atom is -0.789 e. The van der Waals surface area contributed by atoms with Gasteiger partial charge in [-0.25, -0.2) is 16.2 Å². The van der Waals surface area contributed by atoms with Crippen LogP contribution in [0, 0.1) is 0 Å². The monoisotopic (exact) mass is 746 g/mol. The third-order valence-corrected chi connectivity index (χ3v) is 8.64. The number of rotatable bonds is 3. The van der Waals surface area contributed by atoms with Crippen LogP contribution in [-0.4, -0.2) is 0 Å². The first kappa shape index (κ1) is 34.8. The summed E-state index contributed by atoms with van der Waals surface area (Å²) in [4.78, 5) is 2.18. The van der Waals surface area contributed by atoms with Crippen LogP contribution in [0.5, 0.6) is 0 Å². The van der Waals surface area contributed by atoms with E-state index in [-0.39, 0.29) is 21.1 Å². The van der Waals surface area contributed by atoms with E-state index in [1.807, 2.05) is 54.6 Å². The number of hydrogen-bond donors (Lipinski definition) is 0. The zero-order valence-corrected chi connectivity index (χ0v) is 29.6. The summed E-state index contributed by atoms with van der Waals surface area (Å²) in [6.45, 7) is 0. The molecule has 0 saturated heterocycles. The number of benzene rings is 6. The van der Waals surface area contributed by atoms with Gasteiger partial charge in [0.25, 0.3) is 0 Å². The van der Waals surface area contributed by atoms with Crippen molar-refractivity contribution in [1.29, 1.82) is 0 Å². The summed E-state index contributed by atoms with van der Waals surface area (Å²) in [6, 6.07) is 43.0. The van der Waals surface area contributed by atoms with E-state index in [0.717, 1.165) is 31.4 Å². The van der Waals surface area contributed by atoms with Crippen molar-refractivity contribution >= 4 is 123 Å². The normalized spacial score (nSPS) is 11.6. The molecule has 0 aliphatic rings. The molecular formula is C36H24MoS6-6. The summed E-state index contributed by atoms with van der Waals surface area (Å²) < 4.78 is 0. The fourth-order valence-corrected chi connectivity index (χ4v) is 5.02. The predicted molar refractivity (Wildman–Crippen MR) is 200 cm³/mol. The maximum Gasteiger partial charge on any atom is 0 e. The third kappa shape index (κ3) is 9.66. The molecule has 0 heterocycles. The van der Waals surface area contributed by atoms with Crippen LogP contribution in [0.1, 0.15) is 16.7 Å². The van der Waals surface area contributed by atoms with E-state index in [2.05, 4.69) is 72.8 Å². The van der Waals surface area contributed by atoms with Crippen molar-refractivity contribution in [3.63, 3.8) is 0 Å². The van der Waals surface area contributed by atoms with Crippen LogP contribution in [0.15, 0.2) is 144 Å². The van der Waals surface area contributed by atoms with Gasteiger partial charge in [0.1, 0.15) is 0 Å². The van der Waals surface area contributed by atoms with Gasteiger partial charge in [-0.3, -0.25) is 0 Å². The number of fused-ring (bicyclic) bond motifs is 3. The Kier molecular flexibility index (Phi) is 14.2. The summed E-state index contributed by atoms with van der Waals surface area (Å²) in [6.07, 6.45) is 0. The van der Waals surface area contributed by atoms with Crippen molar-refractivity contribution in [3.05, 3.63) is 160 Å². The molecule has 0 nitrogen and oxygen atoms in total. The van der Waals surface area contributed by atoms with Crippen LogP contribution >= 0.6 is 0 Å². The molecule has 216 valence electrons. The summed E-state index contributed by atoms with van der Waals surface area (Å²) in [5.41, 5.74) is 3.07. The van der Waals surface area contributed by atoms with Crippen molar-refractivity contribution in [2.24, 2.45) is 0 Å². The molecule has 0 saturated carbocycles. The molecule has 6 rings (SSSR count). The fourth-order valence-electron chi connectivity index (χ4n) is 4.23. The number of hydrogen-bond acceptors (Lipinski definition) is 6.